The molecule has 2 aromatic carbocycles. The Morgan fingerprint density at radius 2 is 1.68 bits per heavy atom. The zero-order chi connectivity index (χ0) is 24.6. The second-order valence-corrected chi connectivity index (χ2v) is 8.91. The van der Waals surface area contributed by atoms with Crippen molar-refractivity contribution in [2.45, 2.75) is 20.8 Å². The minimum absolute atomic E-state index is 0.260. The first kappa shape index (κ1) is 23.6. The topological polar surface area (TPSA) is 60.8 Å². The van der Waals surface area contributed by atoms with E-state index in [-0.39, 0.29) is 11.5 Å². The van der Waals surface area contributed by atoms with Crippen molar-refractivity contribution in [3.05, 3.63) is 92.9 Å². The Morgan fingerprint density at radius 1 is 0.971 bits per heavy atom. The summed E-state index contributed by atoms with van der Waals surface area (Å²) in [6, 6.07) is 17.2. The third-order valence-corrected chi connectivity index (χ3v) is 6.45. The molecule has 0 atom stereocenters. The molecule has 0 aliphatic carbocycles. The summed E-state index contributed by atoms with van der Waals surface area (Å²) in [5.74, 6) is -0.148. The van der Waals surface area contributed by atoms with Crippen LogP contribution in [0.1, 0.15) is 23.9 Å². The molecule has 1 aromatic heterocycles. The van der Waals surface area contributed by atoms with Gasteiger partial charge in [0.2, 0.25) is 0 Å². The molecule has 34 heavy (non-hydrogen) atoms. The fourth-order valence-electron chi connectivity index (χ4n) is 4.32. The summed E-state index contributed by atoms with van der Waals surface area (Å²) in [5.41, 5.74) is 5.56. The Hall–Kier alpha value is -3.58. The van der Waals surface area contributed by atoms with Gasteiger partial charge in [0.25, 0.3) is 5.91 Å². The molecule has 0 spiro atoms. The first-order valence-electron chi connectivity index (χ1n) is 10.7. The van der Waals surface area contributed by atoms with Gasteiger partial charge in [0, 0.05) is 32.9 Å². The van der Waals surface area contributed by atoms with Gasteiger partial charge in [-0.05, 0) is 80.9 Å². The van der Waals surface area contributed by atoms with E-state index in [9.17, 15) is 9.59 Å². The number of ether oxygens (including phenoxy) is 2. The van der Waals surface area contributed by atoms with Gasteiger partial charge in [-0.25, -0.2) is 4.79 Å². The number of methoxy groups -OCH3 is 2. The summed E-state index contributed by atoms with van der Waals surface area (Å²) in [6.45, 7) is 5.76. The van der Waals surface area contributed by atoms with Crippen molar-refractivity contribution in [2.24, 2.45) is 0 Å². The normalized spacial score (nSPS) is 14.8. The molecule has 0 saturated heterocycles. The number of benzene rings is 2. The SMILES string of the molecule is COC(=O)C1=C(C)N(c2ccc(OC)cc2)C(=O)/C1=C\c1cc(C)n(-c2cccc(Br)c2)c1C. The van der Waals surface area contributed by atoms with Crippen LogP contribution >= 0.6 is 15.9 Å². The molecule has 1 aliphatic rings. The van der Waals surface area contributed by atoms with E-state index in [4.69, 9.17) is 9.47 Å². The van der Waals surface area contributed by atoms with E-state index in [0.29, 0.717) is 22.7 Å². The first-order valence-corrected chi connectivity index (χ1v) is 11.5. The van der Waals surface area contributed by atoms with E-state index in [1.807, 2.05) is 44.2 Å². The van der Waals surface area contributed by atoms with Gasteiger partial charge < -0.3 is 14.0 Å². The number of carbonyl (C=O) groups is 2. The summed E-state index contributed by atoms with van der Waals surface area (Å²) in [5, 5.41) is 0. The molecule has 4 rings (SSSR count). The fraction of sp³-hybridized carbons (Fsp3) is 0.185. The standard InChI is InChI=1S/C27H25BrN2O4/c1-16-13-19(17(2)29(16)22-8-6-7-20(28)15-22)14-24-25(27(32)34-5)18(3)30(26(24)31)21-9-11-23(33-4)12-10-21/h6-15H,1-5H3/b24-14-. The van der Waals surface area contributed by atoms with Crippen LogP contribution in [0.4, 0.5) is 5.69 Å². The molecule has 0 unspecified atom stereocenters. The predicted molar refractivity (Wildman–Crippen MR) is 136 cm³/mol. The monoisotopic (exact) mass is 520 g/mol. The second kappa shape index (κ2) is 9.35. The number of anilines is 1. The molecule has 1 amide bonds. The molecule has 0 fully saturated rings. The number of allylic oxidation sites excluding steroid dienone is 1. The lowest BCUT2D eigenvalue weighted by Gasteiger charge is -2.18. The zero-order valence-corrected chi connectivity index (χ0v) is 21.3. The van der Waals surface area contributed by atoms with Crippen LogP contribution in [0, 0.1) is 13.8 Å². The minimum Gasteiger partial charge on any atom is -0.497 e. The molecule has 0 N–H and O–H groups in total. The molecular weight excluding hydrogens is 496 g/mol. The highest BCUT2D eigenvalue weighted by molar-refractivity contribution is 9.10. The van der Waals surface area contributed by atoms with Gasteiger partial charge in [-0.15, -0.1) is 0 Å². The largest absolute Gasteiger partial charge is 0.497 e. The van der Waals surface area contributed by atoms with Crippen molar-refractivity contribution >= 4 is 39.6 Å². The van der Waals surface area contributed by atoms with Crippen molar-refractivity contribution in [1.82, 2.24) is 4.57 Å². The van der Waals surface area contributed by atoms with Crippen LogP contribution in [-0.2, 0) is 14.3 Å². The number of esters is 1. The average Bonchev–Trinajstić information content (AvgIpc) is 3.24. The lowest BCUT2D eigenvalue weighted by atomic mass is 10.0. The maximum Gasteiger partial charge on any atom is 0.340 e. The molecule has 2 heterocycles. The number of hydrogen-bond donors (Lipinski definition) is 0. The maximum absolute atomic E-state index is 13.6. The van der Waals surface area contributed by atoms with E-state index in [0.717, 1.165) is 27.1 Å². The molecule has 0 radical (unpaired) electrons. The molecule has 6 nitrogen and oxygen atoms in total. The smallest absolute Gasteiger partial charge is 0.340 e. The van der Waals surface area contributed by atoms with Crippen LogP contribution in [0.25, 0.3) is 11.8 Å². The summed E-state index contributed by atoms with van der Waals surface area (Å²) in [7, 11) is 2.90. The van der Waals surface area contributed by atoms with Gasteiger partial charge >= 0.3 is 5.97 Å². The number of carbonyl (C=O) groups excluding carboxylic acids is 2. The summed E-state index contributed by atoms with van der Waals surface area (Å²) < 4.78 is 13.4. The second-order valence-electron chi connectivity index (χ2n) is 7.99. The predicted octanol–water partition coefficient (Wildman–Crippen LogP) is 5.74. The number of aromatic nitrogens is 1. The molecule has 7 heteroatoms. The lowest BCUT2D eigenvalue weighted by molar-refractivity contribution is -0.136. The van der Waals surface area contributed by atoms with Crippen LogP contribution < -0.4 is 9.64 Å². The summed E-state index contributed by atoms with van der Waals surface area (Å²) in [4.78, 5) is 27.9. The van der Waals surface area contributed by atoms with Crippen LogP contribution in [0.5, 0.6) is 5.75 Å². The highest BCUT2D eigenvalue weighted by Gasteiger charge is 2.38. The van der Waals surface area contributed by atoms with Crippen molar-refractivity contribution in [1.29, 1.82) is 0 Å². The first-order chi connectivity index (χ1) is 16.3. The molecular formula is C27H25BrN2O4. The molecule has 0 saturated carbocycles. The van der Waals surface area contributed by atoms with E-state index >= 15 is 0 Å². The maximum atomic E-state index is 13.6. The van der Waals surface area contributed by atoms with Gasteiger partial charge in [0.1, 0.15) is 5.75 Å². The van der Waals surface area contributed by atoms with Crippen LogP contribution in [0.3, 0.4) is 0 Å². The molecule has 174 valence electrons. The van der Waals surface area contributed by atoms with Gasteiger partial charge in [-0.2, -0.15) is 0 Å². The average molecular weight is 521 g/mol. The third-order valence-electron chi connectivity index (χ3n) is 5.96. The van der Waals surface area contributed by atoms with Gasteiger partial charge in [-0.3, -0.25) is 9.69 Å². The molecule has 1 aliphatic heterocycles. The highest BCUT2D eigenvalue weighted by atomic mass is 79.9. The Morgan fingerprint density at radius 3 is 2.29 bits per heavy atom. The third kappa shape index (κ3) is 4.07. The molecule has 0 bridgehead atoms. The van der Waals surface area contributed by atoms with Crippen molar-refractivity contribution in [3.8, 4) is 11.4 Å². The highest BCUT2D eigenvalue weighted by Crippen LogP contribution is 2.37. The van der Waals surface area contributed by atoms with Crippen molar-refractivity contribution in [3.63, 3.8) is 0 Å². The van der Waals surface area contributed by atoms with E-state index in [2.05, 4.69) is 20.5 Å². The Bertz CT molecular complexity index is 1350. The number of halogens is 1. The summed E-state index contributed by atoms with van der Waals surface area (Å²) >= 11 is 3.53. The lowest BCUT2D eigenvalue weighted by Crippen LogP contribution is -2.24. The van der Waals surface area contributed by atoms with Crippen LogP contribution in [0.15, 0.2) is 75.9 Å². The zero-order valence-electron chi connectivity index (χ0n) is 19.7. The van der Waals surface area contributed by atoms with Gasteiger partial charge in [-0.1, -0.05) is 22.0 Å². The Balaban J connectivity index is 1.83. The van der Waals surface area contributed by atoms with E-state index < -0.39 is 5.97 Å². The van der Waals surface area contributed by atoms with Crippen LogP contribution in [0.2, 0.25) is 0 Å². The minimum atomic E-state index is -0.547. The number of aryl methyl sites for hydroxylation is 1. The Labute approximate surface area is 207 Å². The Kier molecular flexibility index (Phi) is 6.48. The van der Waals surface area contributed by atoms with Crippen molar-refractivity contribution in [2.75, 3.05) is 19.1 Å². The van der Waals surface area contributed by atoms with E-state index in [1.165, 1.54) is 12.0 Å². The van der Waals surface area contributed by atoms with Crippen LogP contribution in [-0.4, -0.2) is 30.7 Å². The van der Waals surface area contributed by atoms with Gasteiger partial charge in [0.05, 0.1) is 25.4 Å². The quantitative estimate of drug-likeness (QED) is 0.317. The number of nitrogens with zero attached hydrogens (tertiary/aromatic N) is 2. The number of amides is 1. The molecule has 3 aromatic rings. The number of hydrogen-bond acceptors (Lipinski definition) is 4. The van der Waals surface area contributed by atoms with E-state index in [1.54, 1.807) is 44.4 Å². The number of rotatable bonds is 5. The van der Waals surface area contributed by atoms with Crippen molar-refractivity contribution < 1.29 is 19.1 Å². The summed E-state index contributed by atoms with van der Waals surface area (Å²) in [6.07, 6.45) is 1.78. The van der Waals surface area contributed by atoms with Gasteiger partial charge in [0.15, 0.2) is 0 Å². The fourth-order valence-corrected chi connectivity index (χ4v) is 4.71.